The summed E-state index contributed by atoms with van der Waals surface area (Å²) in [6, 6.07) is 26.7. The molecule has 0 aliphatic carbocycles. The third-order valence-corrected chi connectivity index (χ3v) is 8.89. The van der Waals surface area contributed by atoms with E-state index >= 15 is 0 Å². The summed E-state index contributed by atoms with van der Waals surface area (Å²) in [6.45, 7) is 10.7. The molecule has 1 aliphatic heterocycles. The summed E-state index contributed by atoms with van der Waals surface area (Å²) in [5, 5.41) is 17.2. The first-order chi connectivity index (χ1) is 28.4. The molecule has 5 rings (SSSR count). The lowest BCUT2D eigenvalue weighted by Crippen LogP contribution is -2.42. The number of carbonyl (C=O) groups excluding carboxylic acids is 3. The highest BCUT2D eigenvalue weighted by atomic mass is 16.7. The SMILES string of the molecule is COc1ccc(COc2cccc(C3=NOC(CC(=O)OC(C)(C)C)(C(=O)O)C3)c2OCCCc2cc(NC(=O)OC(C)(C)C)ccc2C(=O)OCc2ccccc2)cc1. The second-order valence-corrected chi connectivity index (χ2v) is 16.2. The van der Waals surface area contributed by atoms with Crippen LogP contribution in [0.1, 0.15) is 93.4 Å². The lowest BCUT2D eigenvalue weighted by Gasteiger charge is -2.24. The molecule has 1 aliphatic rings. The fourth-order valence-electron chi connectivity index (χ4n) is 6.14. The van der Waals surface area contributed by atoms with E-state index in [1.165, 1.54) is 0 Å². The van der Waals surface area contributed by atoms with Crippen molar-refractivity contribution in [2.45, 2.75) is 97.2 Å². The molecular formula is C46H52N2O12. The van der Waals surface area contributed by atoms with Crippen LogP contribution in [-0.4, -0.2) is 65.3 Å². The van der Waals surface area contributed by atoms with Gasteiger partial charge in [-0.2, -0.15) is 0 Å². The van der Waals surface area contributed by atoms with Crippen molar-refractivity contribution < 1.29 is 57.5 Å². The lowest BCUT2D eigenvalue weighted by atomic mass is 9.90. The second-order valence-electron chi connectivity index (χ2n) is 16.2. The van der Waals surface area contributed by atoms with Crippen molar-refractivity contribution >= 4 is 35.4 Å². The molecule has 0 aromatic heterocycles. The highest BCUT2D eigenvalue weighted by molar-refractivity contribution is 6.07. The van der Waals surface area contributed by atoms with Crippen LogP contribution in [0.15, 0.2) is 96.2 Å². The van der Waals surface area contributed by atoms with Crippen molar-refractivity contribution in [3.05, 3.63) is 119 Å². The third kappa shape index (κ3) is 12.7. The summed E-state index contributed by atoms with van der Waals surface area (Å²) in [5.74, 6) is -1.35. The summed E-state index contributed by atoms with van der Waals surface area (Å²) in [7, 11) is 1.58. The lowest BCUT2D eigenvalue weighted by molar-refractivity contribution is -0.175. The Bertz CT molecular complexity index is 2170. The molecule has 4 aromatic rings. The second kappa shape index (κ2) is 19.5. The van der Waals surface area contributed by atoms with E-state index in [2.05, 4.69) is 10.5 Å². The Labute approximate surface area is 349 Å². The molecular weight excluding hydrogens is 773 g/mol. The van der Waals surface area contributed by atoms with Crippen LogP contribution >= 0.6 is 0 Å². The maximum Gasteiger partial charge on any atom is 0.412 e. The Morgan fingerprint density at radius 3 is 2.18 bits per heavy atom. The number of anilines is 1. The van der Waals surface area contributed by atoms with Gasteiger partial charge in [0.2, 0.25) is 5.60 Å². The van der Waals surface area contributed by atoms with Crippen LogP contribution in [0.3, 0.4) is 0 Å². The number of methoxy groups -OCH3 is 1. The zero-order valence-electron chi connectivity index (χ0n) is 35.0. The molecule has 0 spiro atoms. The number of hydrogen-bond acceptors (Lipinski definition) is 12. The largest absolute Gasteiger partial charge is 0.497 e. The van der Waals surface area contributed by atoms with Crippen molar-refractivity contribution in [3.63, 3.8) is 0 Å². The van der Waals surface area contributed by atoms with Gasteiger partial charge in [0, 0.05) is 17.7 Å². The quantitative estimate of drug-likeness (QED) is 0.0589. The predicted octanol–water partition coefficient (Wildman–Crippen LogP) is 8.67. The van der Waals surface area contributed by atoms with Gasteiger partial charge in [0.15, 0.2) is 11.5 Å². The summed E-state index contributed by atoms with van der Waals surface area (Å²) >= 11 is 0. The number of aryl methyl sites for hydroxylation is 1. The molecule has 0 saturated carbocycles. The topological polar surface area (TPSA) is 178 Å². The number of para-hydroxylation sites is 1. The van der Waals surface area contributed by atoms with Crippen molar-refractivity contribution in [1.82, 2.24) is 0 Å². The highest BCUT2D eigenvalue weighted by Crippen LogP contribution is 2.39. The Hall–Kier alpha value is -6.57. The minimum Gasteiger partial charge on any atom is -0.497 e. The Morgan fingerprint density at radius 2 is 1.52 bits per heavy atom. The number of benzene rings is 4. The first-order valence-corrected chi connectivity index (χ1v) is 19.5. The van der Waals surface area contributed by atoms with E-state index < -0.39 is 47.2 Å². The predicted molar refractivity (Wildman–Crippen MR) is 223 cm³/mol. The van der Waals surface area contributed by atoms with Crippen LogP contribution in [0.4, 0.5) is 10.5 Å². The van der Waals surface area contributed by atoms with E-state index in [4.69, 9.17) is 33.3 Å². The number of nitrogens with one attached hydrogen (secondary N) is 1. The molecule has 1 amide bonds. The fourth-order valence-corrected chi connectivity index (χ4v) is 6.14. The summed E-state index contributed by atoms with van der Waals surface area (Å²) in [4.78, 5) is 57.0. The molecule has 14 nitrogen and oxygen atoms in total. The Balaban J connectivity index is 1.38. The molecule has 1 atom stereocenters. The van der Waals surface area contributed by atoms with Crippen molar-refractivity contribution in [2.75, 3.05) is 19.0 Å². The van der Waals surface area contributed by atoms with Gasteiger partial charge in [-0.3, -0.25) is 10.1 Å². The van der Waals surface area contributed by atoms with Crippen molar-refractivity contribution in [2.24, 2.45) is 5.16 Å². The Kier molecular flexibility index (Phi) is 14.4. The van der Waals surface area contributed by atoms with Gasteiger partial charge in [0.05, 0.1) is 31.4 Å². The van der Waals surface area contributed by atoms with E-state index in [-0.39, 0.29) is 37.7 Å². The number of amides is 1. The number of ether oxygens (including phenoxy) is 6. The number of carboxylic acids is 1. The molecule has 0 fully saturated rings. The first kappa shape index (κ1) is 44.5. The standard InChI is InChI=1S/C46H52N2O12/c1-44(2,3)58-39(49)27-46(42(51)52)26-37(48-60-46)36-16-11-17-38(56-28-31-18-21-34(54-7)22-19-31)40(36)55-24-12-15-32-25-33(47-43(53)59-45(4,5)6)20-23-35(32)41(50)57-29-30-13-9-8-10-14-30/h8-11,13-14,16-23,25H,12,15,24,26-29H2,1-7H3,(H,47,53)(H,51,52). The summed E-state index contributed by atoms with van der Waals surface area (Å²) in [5.41, 5.74) is 0.0902. The van der Waals surface area contributed by atoms with Gasteiger partial charge in [-0.15, -0.1) is 0 Å². The van der Waals surface area contributed by atoms with Crippen LogP contribution in [0, 0.1) is 0 Å². The van der Waals surface area contributed by atoms with Crippen molar-refractivity contribution in [3.8, 4) is 17.2 Å². The average Bonchev–Trinajstić information content (AvgIpc) is 3.62. The molecule has 1 unspecified atom stereocenters. The van der Waals surface area contributed by atoms with E-state index in [0.717, 1.165) is 11.1 Å². The van der Waals surface area contributed by atoms with Gasteiger partial charge in [-0.25, -0.2) is 14.4 Å². The molecule has 4 aromatic carbocycles. The number of nitrogens with zero attached hydrogens (tertiary/aromatic N) is 1. The summed E-state index contributed by atoms with van der Waals surface area (Å²) in [6.07, 6.45) is -0.778. The van der Waals surface area contributed by atoms with Gasteiger partial charge in [-0.1, -0.05) is 53.7 Å². The number of carboxylic acid groups (broad SMARTS) is 1. The molecule has 318 valence electrons. The minimum atomic E-state index is -2.00. The molecule has 1 heterocycles. The first-order valence-electron chi connectivity index (χ1n) is 19.5. The fraction of sp³-hybridized carbons (Fsp3) is 0.370. The van der Waals surface area contributed by atoms with Crippen LogP contribution in [-0.2, 0) is 48.3 Å². The molecule has 2 N–H and O–H groups in total. The highest BCUT2D eigenvalue weighted by Gasteiger charge is 2.50. The van der Waals surface area contributed by atoms with Gasteiger partial charge < -0.3 is 38.4 Å². The van der Waals surface area contributed by atoms with Crippen LogP contribution in [0.5, 0.6) is 17.2 Å². The van der Waals surface area contributed by atoms with Gasteiger partial charge in [0.25, 0.3) is 0 Å². The minimum absolute atomic E-state index is 0.0742. The van der Waals surface area contributed by atoms with Gasteiger partial charge in [-0.05, 0) is 114 Å². The maximum atomic E-state index is 13.4. The normalized spacial score (nSPS) is 14.9. The van der Waals surface area contributed by atoms with E-state index in [1.807, 2.05) is 54.6 Å². The van der Waals surface area contributed by atoms with Crippen LogP contribution in [0.25, 0.3) is 0 Å². The number of hydrogen-bond donors (Lipinski definition) is 2. The third-order valence-electron chi connectivity index (χ3n) is 8.89. The number of aliphatic carboxylic acids is 1. The van der Waals surface area contributed by atoms with E-state index in [1.54, 1.807) is 85.1 Å². The molecule has 14 heteroatoms. The smallest absolute Gasteiger partial charge is 0.412 e. The van der Waals surface area contributed by atoms with E-state index in [0.29, 0.717) is 46.7 Å². The zero-order valence-corrected chi connectivity index (χ0v) is 35.0. The summed E-state index contributed by atoms with van der Waals surface area (Å²) < 4.78 is 34.5. The molecule has 0 bridgehead atoms. The molecule has 0 radical (unpaired) electrons. The van der Waals surface area contributed by atoms with Crippen LogP contribution in [0.2, 0.25) is 0 Å². The number of carbonyl (C=O) groups is 4. The van der Waals surface area contributed by atoms with Crippen molar-refractivity contribution in [1.29, 1.82) is 0 Å². The molecule has 0 saturated heterocycles. The zero-order chi connectivity index (χ0) is 43.5. The average molecular weight is 825 g/mol. The van der Waals surface area contributed by atoms with Gasteiger partial charge in [0.1, 0.15) is 30.2 Å². The molecule has 60 heavy (non-hydrogen) atoms. The van der Waals surface area contributed by atoms with Gasteiger partial charge >= 0.3 is 24.0 Å². The van der Waals surface area contributed by atoms with E-state index in [9.17, 15) is 24.3 Å². The Morgan fingerprint density at radius 1 is 0.817 bits per heavy atom. The number of esters is 2. The maximum absolute atomic E-state index is 13.4. The van der Waals surface area contributed by atoms with Crippen LogP contribution < -0.4 is 19.5 Å². The monoisotopic (exact) mass is 824 g/mol. The number of rotatable bonds is 17. The number of oxime groups is 1.